The minimum Gasteiger partial charge on any atom is -0.384 e. The molecule has 0 aliphatic rings. The number of hydrogen-bond donors (Lipinski definition) is 1. The second-order valence-electron chi connectivity index (χ2n) is 8.26. The van der Waals surface area contributed by atoms with E-state index in [0.717, 1.165) is 17.4 Å². The molecule has 184 valence electrons. The van der Waals surface area contributed by atoms with Gasteiger partial charge in [-0.15, -0.1) is 11.3 Å². The number of aliphatic hydroxyl groups is 1. The van der Waals surface area contributed by atoms with E-state index in [1.54, 1.807) is 36.4 Å². The largest absolute Gasteiger partial charge is 0.417 e. The Morgan fingerprint density at radius 3 is 2.11 bits per heavy atom. The zero-order valence-electron chi connectivity index (χ0n) is 18.2. The summed E-state index contributed by atoms with van der Waals surface area (Å²) in [6.45, 7) is 3.07. The van der Waals surface area contributed by atoms with Crippen molar-refractivity contribution in [3.63, 3.8) is 0 Å². The Balaban J connectivity index is 1.87. The third-order valence-electron chi connectivity index (χ3n) is 5.19. The van der Waals surface area contributed by atoms with Gasteiger partial charge >= 0.3 is 12.4 Å². The Bertz CT molecular complexity index is 1380. The van der Waals surface area contributed by atoms with Gasteiger partial charge in [-0.2, -0.15) is 31.4 Å². The number of halogens is 7. The third kappa shape index (κ3) is 5.10. The zero-order chi connectivity index (χ0) is 25.8. The number of benzene rings is 2. The number of para-hydroxylation sites is 1. The lowest BCUT2D eigenvalue weighted by Crippen LogP contribution is -2.16. The number of nitrogens with zero attached hydrogens (tertiary/aromatic N) is 2. The zero-order valence-corrected chi connectivity index (χ0v) is 19.7. The summed E-state index contributed by atoms with van der Waals surface area (Å²) < 4.78 is 81.6. The Morgan fingerprint density at radius 1 is 0.857 bits per heavy atom. The lowest BCUT2D eigenvalue weighted by Gasteiger charge is -2.15. The van der Waals surface area contributed by atoms with Crippen LogP contribution in [0.4, 0.5) is 26.3 Å². The molecule has 0 aliphatic carbocycles. The minimum absolute atomic E-state index is 0.120. The van der Waals surface area contributed by atoms with Gasteiger partial charge in [-0.3, -0.25) is 0 Å². The SMILES string of the molecule is CC(C)(O)c1cc(-c2ccc(-c3ccc(C(F)(F)F)cc3C(F)(F)F)s2)n(-c2ccccc2Cl)n1. The van der Waals surface area contributed by atoms with Gasteiger partial charge in [0, 0.05) is 10.4 Å². The molecule has 4 aromatic rings. The monoisotopic (exact) mass is 530 g/mol. The maximum Gasteiger partial charge on any atom is 0.417 e. The molecule has 0 saturated heterocycles. The highest BCUT2D eigenvalue weighted by Gasteiger charge is 2.38. The van der Waals surface area contributed by atoms with E-state index in [1.165, 1.54) is 24.6 Å². The summed E-state index contributed by atoms with van der Waals surface area (Å²) in [5.41, 5.74) is -3.21. The molecule has 0 atom stereocenters. The summed E-state index contributed by atoms with van der Waals surface area (Å²) in [4.78, 5) is 0.605. The fourth-order valence-electron chi connectivity index (χ4n) is 3.45. The number of rotatable bonds is 4. The first kappa shape index (κ1) is 25.3. The predicted octanol–water partition coefficient (Wildman–Crippen LogP) is 8.19. The lowest BCUT2D eigenvalue weighted by atomic mass is 10.0. The fraction of sp³-hybridized carbons (Fsp3) is 0.208. The quantitative estimate of drug-likeness (QED) is 0.270. The van der Waals surface area contributed by atoms with E-state index in [9.17, 15) is 31.4 Å². The Kier molecular flexibility index (Phi) is 6.27. The third-order valence-corrected chi connectivity index (χ3v) is 6.65. The van der Waals surface area contributed by atoms with Gasteiger partial charge in [0.2, 0.25) is 0 Å². The Morgan fingerprint density at radius 2 is 1.51 bits per heavy atom. The van der Waals surface area contributed by atoms with Gasteiger partial charge in [-0.1, -0.05) is 29.8 Å². The summed E-state index contributed by atoms with van der Waals surface area (Å²) in [6, 6.07) is 12.9. The van der Waals surface area contributed by atoms with E-state index in [4.69, 9.17) is 11.6 Å². The first-order chi connectivity index (χ1) is 16.2. The summed E-state index contributed by atoms with van der Waals surface area (Å²) in [6.07, 6.45) is -9.90. The van der Waals surface area contributed by atoms with Gasteiger partial charge in [0.25, 0.3) is 0 Å². The molecule has 0 saturated carbocycles. The maximum atomic E-state index is 13.7. The van der Waals surface area contributed by atoms with Crippen molar-refractivity contribution in [2.45, 2.75) is 31.8 Å². The highest BCUT2D eigenvalue weighted by atomic mass is 35.5. The molecule has 0 radical (unpaired) electrons. The molecular weight excluding hydrogens is 514 g/mol. The minimum atomic E-state index is -4.99. The van der Waals surface area contributed by atoms with Gasteiger partial charge in [-0.05, 0) is 56.3 Å². The summed E-state index contributed by atoms with van der Waals surface area (Å²) in [7, 11) is 0. The summed E-state index contributed by atoms with van der Waals surface area (Å²) in [5.74, 6) is 0. The molecule has 1 N–H and O–H groups in total. The van der Waals surface area contributed by atoms with Crippen molar-refractivity contribution < 1.29 is 31.4 Å². The Labute approximate surface area is 205 Å². The van der Waals surface area contributed by atoms with Crippen molar-refractivity contribution in [2.75, 3.05) is 0 Å². The lowest BCUT2D eigenvalue weighted by molar-refractivity contribution is -0.142. The maximum absolute atomic E-state index is 13.7. The molecule has 2 aromatic heterocycles. The van der Waals surface area contributed by atoms with Gasteiger partial charge in [0.1, 0.15) is 5.60 Å². The average Bonchev–Trinajstić information content (AvgIpc) is 3.39. The van der Waals surface area contributed by atoms with Crippen molar-refractivity contribution in [3.8, 4) is 26.7 Å². The van der Waals surface area contributed by atoms with Crippen LogP contribution >= 0.6 is 22.9 Å². The van der Waals surface area contributed by atoms with E-state index in [-0.39, 0.29) is 16.5 Å². The molecule has 2 aromatic carbocycles. The van der Waals surface area contributed by atoms with Crippen molar-refractivity contribution >= 4 is 22.9 Å². The molecule has 2 heterocycles. The molecule has 0 bridgehead atoms. The highest BCUT2D eigenvalue weighted by Crippen LogP contribution is 2.44. The van der Waals surface area contributed by atoms with Crippen LogP contribution in [0.5, 0.6) is 0 Å². The van der Waals surface area contributed by atoms with Crippen LogP contribution < -0.4 is 0 Å². The van der Waals surface area contributed by atoms with Crippen LogP contribution in [0.25, 0.3) is 26.7 Å². The molecule has 3 nitrogen and oxygen atoms in total. The number of aromatic nitrogens is 2. The van der Waals surface area contributed by atoms with Crippen molar-refractivity contribution in [1.82, 2.24) is 9.78 Å². The van der Waals surface area contributed by atoms with Crippen LogP contribution in [0, 0.1) is 0 Å². The van der Waals surface area contributed by atoms with E-state index in [0.29, 0.717) is 33.0 Å². The van der Waals surface area contributed by atoms with E-state index in [2.05, 4.69) is 5.10 Å². The second-order valence-corrected chi connectivity index (χ2v) is 9.75. The van der Waals surface area contributed by atoms with Crippen LogP contribution in [-0.2, 0) is 18.0 Å². The second kappa shape index (κ2) is 8.69. The number of thiophene rings is 1. The molecule has 0 spiro atoms. The first-order valence-corrected chi connectivity index (χ1v) is 11.3. The van der Waals surface area contributed by atoms with Gasteiger partial charge in [0.05, 0.1) is 38.1 Å². The molecule has 0 fully saturated rings. The van der Waals surface area contributed by atoms with E-state index in [1.807, 2.05) is 0 Å². The fourth-order valence-corrected chi connectivity index (χ4v) is 4.72. The standard InChI is InChI=1S/C24H17ClF6N2OS/c1-22(2,34)21-12-18(33(32-21)17-6-4-3-5-16(17)25)20-10-9-19(35-20)14-8-7-13(23(26,27)28)11-15(14)24(29,30)31/h3-12,34H,1-2H3. The molecule has 0 aliphatic heterocycles. The van der Waals surface area contributed by atoms with E-state index < -0.39 is 29.1 Å². The van der Waals surface area contributed by atoms with Crippen molar-refractivity contribution in [1.29, 1.82) is 0 Å². The van der Waals surface area contributed by atoms with E-state index >= 15 is 0 Å². The van der Waals surface area contributed by atoms with Gasteiger partial charge < -0.3 is 5.11 Å². The van der Waals surface area contributed by atoms with Gasteiger partial charge in [0.15, 0.2) is 0 Å². The summed E-state index contributed by atoms with van der Waals surface area (Å²) in [5, 5.41) is 15.3. The molecular formula is C24H17ClF6N2OS. The number of hydrogen-bond acceptors (Lipinski definition) is 3. The average molecular weight is 531 g/mol. The predicted molar refractivity (Wildman–Crippen MR) is 123 cm³/mol. The normalized spacial score (nSPS) is 12.9. The Hall–Kier alpha value is -2.82. The smallest absolute Gasteiger partial charge is 0.384 e. The van der Waals surface area contributed by atoms with Gasteiger partial charge in [-0.25, -0.2) is 4.68 Å². The van der Waals surface area contributed by atoms with Crippen LogP contribution in [0.2, 0.25) is 5.02 Å². The topological polar surface area (TPSA) is 38.0 Å². The first-order valence-electron chi connectivity index (χ1n) is 10.1. The summed E-state index contributed by atoms with van der Waals surface area (Å²) >= 11 is 7.28. The molecule has 0 unspecified atom stereocenters. The van der Waals surface area contributed by atoms with Crippen LogP contribution in [0.3, 0.4) is 0 Å². The highest BCUT2D eigenvalue weighted by molar-refractivity contribution is 7.18. The van der Waals surface area contributed by atoms with Crippen LogP contribution in [0.1, 0.15) is 30.7 Å². The molecule has 35 heavy (non-hydrogen) atoms. The number of alkyl halides is 6. The molecule has 0 amide bonds. The molecule has 4 rings (SSSR count). The van der Waals surface area contributed by atoms with Crippen molar-refractivity contribution in [3.05, 3.63) is 82.5 Å². The molecule has 11 heteroatoms. The van der Waals surface area contributed by atoms with Crippen LogP contribution in [0.15, 0.2) is 60.7 Å². The van der Waals surface area contributed by atoms with Crippen LogP contribution in [-0.4, -0.2) is 14.9 Å². The van der Waals surface area contributed by atoms with Crippen molar-refractivity contribution in [2.24, 2.45) is 0 Å².